The van der Waals surface area contributed by atoms with Crippen LogP contribution in [0.4, 0.5) is 4.79 Å². The van der Waals surface area contributed by atoms with E-state index >= 15 is 0 Å². The fourth-order valence-electron chi connectivity index (χ4n) is 3.22. The number of fused-ring (bicyclic) bond motifs is 1. The van der Waals surface area contributed by atoms with Crippen LogP contribution in [0, 0.1) is 6.92 Å². The minimum Gasteiger partial charge on any atom is -0.464 e. The molecular formula is C17H24N4O3. The number of carbonyl (C=O) groups is 1. The number of aromatic nitrogens is 2. The molecule has 0 unspecified atom stereocenters. The summed E-state index contributed by atoms with van der Waals surface area (Å²) in [5.74, 6) is 1.50. The molecule has 0 spiro atoms. The lowest BCUT2D eigenvalue weighted by atomic mass is 9.93. The number of methoxy groups -OCH3 is 1. The molecule has 130 valence electrons. The number of nitrogens with zero attached hydrogens (tertiary/aromatic N) is 2. The number of furan rings is 1. The predicted molar refractivity (Wildman–Crippen MR) is 88.6 cm³/mol. The van der Waals surface area contributed by atoms with Gasteiger partial charge in [0, 0.05) is 25.4 Å². The third kappa shape index (κ3) is 3.46. The van der Waals surface area contributed by atoms with Crippen molar-refractivity contribution < 1.29 is 13.9 Å². The first-order valence-corrected chi connectivity index (χ1v) is 8.21. The smallest absolute Gasteiger partial charge is 0.315 e. The third-order valence-electron chi connectivity index (χ3n) is 4.42. The number of urea groups is 1. The van der Waals surface area contributed by atoms with E-state index in [2.05, 4.69) is 15.7 Å². The second kappa shape index (κ2) is 7.09. The number of amides is 2. The average molecular weight is 332 g/mol. The summed E-state index contributed by atoms with van der Waals surface area (Å²) in [5, 5.41) is 10.3. The Morgan fingerprint density at radius 3 is 3.08 bits per heavy atom. The molecule has 0 saturated heterocycles. The van der Waals surface area contributed by atoms with Crippen LogP contribution in [0.1, 0.15) is 47.7 Å². The van der Waals surface area contributed by atoms with Gasteiger partial charge in [-0.2, -0.15) is 5.10 Å². The molecule has 2 heterocycles. The molecule has 1 aliphatic rings. The van der Waals surface area contributed by atoms with E-state index in [1.807, 2.05) is 37.0 Å². The summed E-state index contributed by atoms with van der Waals surface area (Å²) in [4.78, 5) is 12.4. The van der Waals surface area contributed by atoms with Crippen LogP contribution in [-0.4, -0.2) is 29.5 Å². The van der Waals surface area contributed by atoms with Crippen LogP contribution in [0.3, 0.4) is 0 Å². The van der Waals surface area contributed by atoms with Gasteiger partial charge in [-0.1, -0.05) is 0 Å². The summed E-state index contributed by atoms with van der Waals surface area (Å²) in [7, 11) is 3.54. The van der Waals surface area contributed by atoms with E-state index in [1.165, 1.54) is 5.69 Å². The molecule has 2 atom stereocenters. The van der Waals surface area contributed by atoms with Gasteiger partial charge < -0.3 is 19.8 Å². The van der Waals surface area contributed by atoms with Gasteiger partial charge in [0.2, 0.25) is 0 Å². The van der Waals surface area contributed by atoms with Crippen molar-refractivity contribution in [2.75, 3.05) is 13.7 Å². The highest BCUT2D eigenvalue weighted by atomic mass is 16.5. The molecule has 0 radical (unpaired) electrons. The Labute approximate surface area is 141 Å². The Kier molecular flexibility index (Phi) is 4.89. The van der Waals surface area contributed by atoms with E-state index in [9.17, 15) is 4.79 Å². The number of rotatable bonds is 5. The average Bonchev–Trinajstić information content (AvgIpc) is 3.14. The standard InChI is InChI=1S/C17H24N4O3/c1-11-7-8-16(24-11)14(10-23-3)20-17(22)19-13-5-4-6-15-12(13)9-18-21(15)2/h7-9,13-14H,4-6,10H2,1-3H3,(H2,19,20,22)/t13-,14-/m1/s1. The van der Waals surface area contributed by atoms with Gasteiger partial charge in [0.25, 0.3) is 0 Å². The topological polar surface area (TPSA) is 81.3 Å². The minimum atomic E-state index is -0.319. The molecule has 0 aliphatic heterocycles. The first-order valence-electron chi connectivity index (χ1n) is 8.21. The van der Waals surface area contributed by atoms with E-state index in [0.29, 0.717) is 12.4 Å². The lowest BCUT2D eigenvalue weighted by Gasteiger charge is -2.25. The van der Waals surface area contributed by atoms with E-state index in [1.54, 1.807) is 7.11 Å². The van der Waals surface area contributed by atoms with Gasteiger partial charge in [0.05, 0.1) is 18.8 Å². The summed E-state index contributed by atoms with van der Waals surface area (Å²) < 4.78 is 12.7. The van der Waals surface area contributed by atoms with Gasteiger partial charge in [-0.3, -0.25) is 4.68 Å². The minimum absolute atomic E-state index is 0.0102. The number of ether oxygens (including phenoxy) is 1. The Morgan fingerprint density at radius 1 is 1.54 bits per heavy atom. The van der Waals surface area contributed by atoms with Crippen molar-refractivity contribution in [1.82, 2.24) is 20.4 Å². The van der Waals surface area contributed by atoms with Crippen LogP contribution in [0.25, 0.3) is 0 Å². The van der Waals surface area contributed by atoms with Crippen LogP contribution in [0.15, 0.2) is 22.7 Å². The number of hydrogen-bond acceptors (Lipinski definition) is 4. The SMILES string of the molecule is COC[C@@H](NC(=O)N[C@@H]1CCCc2c1cnn2C)c1ccc(C)o1. The van der Waals surface area contributed by atoms with E-state index in [4.69, 9.17) is 9.15 Å². The molecule has 1 aliphatic carbocycles. The molecular weight excluding hydrogens is 308 g/mol. The Balaban J connectivity index is 1.66. The Morgan fingerprint density at radius 2 is 2.38 bits per heavy atom. The van der Waals surface area contributed by atoms with Crippen LogP contribution in [0.5, 0.6) is 0 Å². The van der Waals surface area contributed by atoms with Gasteiger partial charge in [-0.25, -0.2) is 4.79 Å². The molecule has 7 nitrogen and oxygen atoms in total. The van der Waals surface area contributed by atoms with Crippen LogP contribution in [-0.2, 0) is 18.2 Å². The molecule has 3 rings (SSSR count). The van der Waals surface area contributed by atoms with Gasteiger partial charge in [0.1, 0.15) is 17.6 Å². The van der Waals surface area contributed by atoms with Crippen LogP contribution < -0.4 is 10.6 Å². The first-order chi connectivity index (χ1) is 11.6. The summed E-state index contributed by atoms with van der Waals surface area (Å²) in [6, 6.07) is 3.18. The van der Waals surface area contributed by atoms with Crippen molar-refractivity contribution in [2.24, 2.45) is 7.05 Å². The van der Waals surface area contributed by atoms with E-state index in [0.717, 1.165) is 30.6 Å². The fourth-order valence-corrected chi connectivity index (χ4v) is 3.22. The van der Waals surface area contributed by atoms with Gasteiger partial charge in [0.15, 0.2) is 0 Å². The van der Waals surface area contributed by atoms with Crippen molar-refractivity contribution in [3.63, 3.8) is 0 Å². The van der Waals surface area contributed by atoms with Crippen molar-refractivity contribution >= 4 is 6.03 Å². The summed E-state index contributed by atoms with van der Waals surface area (Å²) in [6.07, 6.45) is 4.81. The van der Waals surface area contributed by atoms with Crippen molar-refractivity contribution in [3.8, 4) is 0 Å². The lowest BCUT2D eigenvalue weighted by Crippen LogP contribution is -2.41. The predicted octanol–water partition coefficient (Wildman–Crippen LogP) is 2.39. The molecule has 24 heavy (non-hydrogen) atoms. The number of aryl methyl sites for hydroxylation is 2. The first kappa shape index (κ1) is 16.6. The zero-order valence-corrected chi connectivity index (χ0v) is 14.3. The molecule has 2 aromatic rings. The van der Waals surface area contributed by atoms with E-state index in [-0.39, 0.29) is 18.1 Å². The Hall–Kier alpha value is -2.28. The second-order valence-electron chi connectivity index (χ2n) is 6.19. The monoisotopic (exact) mass is 332 g/mol. The van der Waals surface area contributed by atoms with Gasteiger partial charge in [-0.15, -0.1) is 0 Å². The summed E-state index contributed by atoms with van der Waals surface area (Å²) >= 11 is 0. The highest BCUT2D eigenvalue weighted by molar-refractivity contribution is 5.75. The highest BCUT2D eigenvalue weighted by Gasteiger charge is 2.26. The summed E-state index contributed by atoms with van der Waals surface area (Å²) in [6.45, 7) is 2.22. The zero-order valence-electron chi connectivity index (χ0n) is 14.3. The Bertz CT molecular complexity index is 707. The normalized spacial score (nSPS) is 18.0. The maximum absolute atomic E-state index is 12.4. The zero-order chi connectivity index (χ0) is 17.1. The van der Waals surface area contributed by atoms with Gasteiger partial charge in [-0.05, 0) is 38.3 Å². The molecule has 0 fully saturated rings. The van der Waals surface area contributed by atoms with Crippen molar-refractivity contribution in [1.29, 1.82) is 0 Å². The third-order valence-corrected chi connectivity index (χ3v) is 4.42. The molecule has 2 amide bonds. The number of carbonyl (C=O) groups excluding carboxylic acids is 1. The molecule has 0 bridgehead atoms. The highest BCUT2D eigenvalue weighted by Crippen LogP contribution is 2.29. The number of nitrogens with one attached hydrogen (secondary N) is 2. The largest absolute Gasteiger partial charge is 0.464 e. The van der Waals surface area contributed by atoms with Crippen LogP contribution >= 0.6 is 0 Å². The maximum atomic E-state index is 12.4. The quantitative estimate of drug-likeness (QED) is 0.881. The molecule has 0 saturated carbocycles. The van der Waals surface area contributed by atoms with Crippen molar-refractivity contribution in [2.45, 2.75) is 38.3 Å². The number of hydrogen-bond donors (Lipinski definition) is 2. The summed E-state index contributed by atoms with van der Waals surface area (Å²) in [5.41, 5.74) is 2.30. The molecule has 7 heteroatoms. The van der Waals surface area contributed by atoms with E-state index < -0.39 is 0 Å². The molecule has 2 aromatic heterocycles. The fraction of sp³-hybridized carbons (Fsp3) is 0.529. The van der Waals surface area contributed by atoms with Crippen molar-refractivity contribution in [3.05, 3.63) is 41.1 Å². The maximum Gasteiger partial charge on any atom is 0.315 e. The molecule has 0 aromatic carbocycles. The van der Waals surface area contributed by atoms with Gasteiger partial charge >= 0.3 is 6.03 Å². The lowest BCUT2D eigenvalue weighted by molar-refractivity contribution is 0.155. The second-order valence-corrected chi connectivity index (χ2v) is 6.19. The molecule has 2 N–H and O–H groups in total. The van der Waals surface area contributed by atoms with Crippen LogP contribution in [0.2, 0.25) is 0 Å².